The maximum absolute atomic E-state index is 12.5. The van der Waals surface area contributed by atoms with E-state index in [2.05, 4.69) is 55.5 Å². The van der Waals surface area contributed by atoms with Crippen LogP contribution in [0.15, 0.2) is 65.3 Å². The molecule has 1 nitrogen and oxygen atoms in total. The van der Waals surface area contributed by atoms with Crippen LogP contribution in [0, 0.1) is 0 Å². The van der Waals surface area contributed by atoms with Gasteiger partial charge >= 0.3 is 0 Å². The lowest BCUT2D eigenvalue weighted by Crippen LogP contribution is -2.04. The van der Waals surface area contributed by atoms with Crippen molar-refractivity contribution in [2.45, 2.75) is 71.6 Å². The van der Waals surface area contributed by atoms with Gasteiger partial charge in [0.2, 0.25) is 0 Å². The Balaban J connectivity index is 1.75. The molecule has 0 saturated heterocycles. The van der Waals surface area contributed by atoms with E-state index in [1.807, 2.05) is 6.92 Å². The van der Waals surface area contributed by atoms with E-state index < -0.39 is 0 Å². The van der Waals surface area contributed by atoms with Crippen LogP contribution >= 0.6 is 0 Å². The van der Waals surface area contributed by atoms with Crippen molar-refractivity contribution in [3.63, 3.8) is 0 Å². The molecule has 2 rings (SSSR count). The van der Waals surface area contributed by atoms with Gasteiger partial charge in [-0.15, -0.1) is 0 Å². The molecule has 1 aromatic rings. The number of benzene rings is 1. The van der Waals surface area contributed by atoms with Gasteiger partial charge in [-0.05, 0) is 81.9 Å². The van der Waals surface area contributed by atoms with E-state index >= 15 is 0 Å². The van der Waals surface area contributed by atoms with Crippen LogP contribution in [0.5, 0.6) is 0 Å². The Morgan fingerprint density at radius 3 is 2.60 bits per heavy atom. The van der Waals surface area contributed by atoms with Crippen LogP contribution < -0.4 is 0 Å². The minimum atomic E-state index is 0.271. The van der Waals surface area contributed by atoms with E-state index in [1.165, 1.54) is 24.0 Å². The highest BCUT2D eigenvalue weighted by molar-refractivity contribution is 6.07. The van der Waals surface area contributed by atoms with E-state index in [-0.39, 0.29) is 5.78 Å². The number of carbonyl (C=O) groups excluding carboxylic acids is 1. The lowest BCUT2D eigenvalue weighted by molar-refractivity contribution is -0.112. The average molecular weight is 337 g/mol. The van der Waals surface area contributed by atoms with Crippen molar-refractivity contribution in [1.29, 1.82) is 0 Å². The van der Waals surface area contributed by atoms with Crippen LogP contribution in [0.1, 0.15) is 70.8 Å². The van der Waals surface area contributed by atoms with Crippen molar-refractivity contribution < 1.29 is 4.79 Å². The fourth-order valence-corrected chi connectivity index (χ4v) is 3.32. The fourth-order valence-electron chi connectivity index (χ4n) is 3.32. The monoisotopic (exact) mass is 336 g/mol. The molecule has 0 fully saturated rings. The SMILES string of the molecule is C/C(=C\CCc1ccccc1)CC/C=C(\C)C(=O)C1=CCCCCC1. The zero-order valence-electron chi connectivity index (χ0n) is 15.9. The highest BCUT2D eigenvalue weighted by Gasteiger charge is 2.12. The number of allylic oxidation sites excluding steroid dienone is 6. The predicted molar refractivity (Wildman–Crippen MR) is 108 cm³/mol. The summed E-state index contributed by atoms with van der Waals surface area (Å²) in [6.45, 7) is 4.17. The first-order valence-corrected chi connectivity index (χ1v) is 9.77. The van der Waals surface area contributed by atoms with Crippen molar-refractivity contribution in [3.8, 4) is 0 Å². The molecule has 0 amide bonds. The predicted octanol–water partition coefficient (Wildman–Crippen LogP) is 6.75. The lowest BCUT2D eigenvalue weighted by Gasteiger charge is -2.05. The van der Waals surface area contributed by atoms with Crippen LogP contribution in [0.4, 0.5) is 0 Å². The van der Waals surface area contributed by atoms with E-state index in [0.717, 1.165) is 56.1 Å². The number of ketones is 1. The van der Waals surface area contributed by atoms with Crippen molar-refractivity contribution in [2.24, 2.45) is 0 Å². The van der Waals surface area contributed by atoms with Gasteiger partial charge in [-0.3, -0.25) is 4.79 Å². The minimum Gasteiger partial charge on any atom is -0.289 e. The average Bonchev–Trinajstić information content (AvgIpc) is 2.91. The molecule has 1 aliphatic rings. The molecule has 0 atom stereocenters. The maximum atomic E-state index is 12.5. The zero-order chi connectivity index (χ0) is 17.9. The number of aryl methyl sites for hydroxylation is 1. The number of hydrogen-bond donors (Lipinski definition) is 0. The molecule has 0 heterocycles. The Labute approximate surface area is 153 Å². The summed E-state index contributed by atoms with van der Waals surface area (Å²) in [7, 11) is 0. The third kappa shape index (κ3) is 7.25. The molecule has 1 heteroatoms. The smallest absolute Gasteiger partial charge is 0.184 e. The second-order valence-corrected chi connectivity index (χ2v) is 7.16. The Kier molecular flexibility index (Phi) is 8.45. The van der Waals surface area contributed by atoms with Gasteiger partial charge in [0.05, 0.1) is 0 Å². The molecule has 1 aliphatic carbocycles. The molecule has 0 N–H and O–H groups in total. The first-order valence-electron chi connectivity index (χ1n) is 9.77. The third-order valence-electron chi connectivity index (χ3n) is 4.95. The Morgan fingerprint density at radius 1 is 1.00 bits per heavy atom. The largest absolute Gasteiger partial charge is 0.289 e. The maximum Gasteiger partial charge on any atom is 0.184 e. The summed E-state index contributed by atoms with van der Waals surface area (Å²) in [6, 6.07) is 10.6. The molecular weight excluding hydrogens is 304 g/mol. The highest BCUT2D eigenvalue weighted by Crippen LogP contribution is 2.21. The summed E-state index contributed by atoms with van der Waals surface area (Å²) >= 11 is 0. The number of carbonyl (C=O) groups is 1. The molecule has 0 aliphatic heterocycles. The van der Waals surface area contributed by atoms with Crippen molar-refractivity contribution in [3.05, 3.63) is 70.8 Å². The quantitative estimate of drug-likeness (QED) is 0.379. The van der Waals surface area contributed by atoms with Crippen molar-refractivity contribution in [1.82, 2.24) is 0 Å². The van der Waals surface area contributed by atoms with E-state index in [1.54, 1.807) is 0 Å². The number of rotatable bonds is 8. The molecule has 0 aromatic heterocycles. The summed E-state index contributed by atoms with van der Waals surface area (Å²) < 4.78 is 0. The first-order chi connectivity index (χ1) is 12.2. The third-order valence-corrected chi connectivity index (χ3v) is 4.95. The van der Waals surface area contributed by atoms with Gasteiger partial charge < -0.3 is 0 Å². The fraction of sp³-hybridized carbons (Fsp3) is 0.458. The van der Waals surface area contributed by atoms with Crippen LogP contribution in [-0.4, -0.2) is 5.78 Å². The second kappa shape index (κ2) is 10.9. The standard InChI is InChI=1S/C24H32O/c1-20(13-11-17-22-15-6-5-7-16-22)12-10-14-21(2)24(25)23-18-8-3-4-9-19-23/h5-7,13-16,18H,3-4,8-12,17,19H2,1-2H3/b20-13+,21-14+. The molecule has 134 valence electrons. The molecule has 0 bridgehead atoms. The molecule has 0 unspecified atom stereocenters. The van der Waals surface area contributed by atoms with Gasteiger partial charge in [0.1, 0.15) is 0 Å². The molecular formula is C24H32O. The summed E-state index contributed by atoms with van der Waals surface area (Å²) in [6.07, 6.45) is 16.5. The van der Waals surface area contributed by atoms with Crippen LogP contribution in [-0.2, 0) is 11.2 Å². The van der Waals surface area contributed by atoms with Gasteiger partial charge in [-0.2, -0.15) is 0 Å². The number of hydrogen-bond acceptors (Lipinski definition) is 1. The van der Waals surface area contributed by atoms with Crippen LogP contribution in [0.25, 0.3) is 0 Å². The van der Waals surface area contributed by atoms with Crippen molar-refractivity contribution >= 4 is 5.78 Å². The van der Waals surface area contributed by atoms with E-state index in [0.29, 0.717) is 0 Å². The van der Waals surface area contributed by atoms with Gasteiger partial charge in [0, 0.05) is 0 Å². The second-order valence-electron chi connectivity index (χ2n) is 7.16. The minimum absolute atomic E-state index is 0.271. The summed E-state index contributed by atoms with van der Waals surface area (Å²) in [4.78, 5) is 12.5. The Hall–Kier alpha value is -1.89. The zero-order valence-corrected chi connectivity index (χ0v) is 15.9. The normalized spacial score (nSPS) is 16.3. The lowest BCUT2D eigenvalue weighted by atomic mass is 9.99. The highest BCUT2D eigenvalue weighted by atomic mass is 16.1. The first kappa shape index (κ1) is 19.4. The molecule has 0 saturated carbocycles. The Morgan fingerprint density at radius 2 is 1.80 bits per heavy atom. The summed E-state index contributed by atoms with van der Waals surface area (Å²) in [5, 5.41) is 0. The van der Waals surface area contributed by atoms with Gasteiger partial charge in [0.15, 0.2) is 5.78 Å². The van der Waals surface area contributed by atoms with Gasteiger partial charge in [-0.25, -0.2) is 0 Å². The Bertz CT molecular complexity index is 631. The number of Topliss-reactive ketones (excluding diaryl/α,β-unsaturated/α-hetero) is 1. The van der Waals surface area contributed by atoms with Crippen LogP contribution in [0.3, 0.4) is 0 Å². The topological polar surface area (TPSA) is 17.1 Å². The molecule has 0 radical (unpaired) electrons. The van der Waals surface area contributed by atoms with E-state index in [4.69, 9.17) is 0 Å². The molecule has 1 aromatic carbocycles. The van der Waals surface area contributed by atoms with Gasteiger partial charge in [0.25, 0.3) is 0 Å². The van der Waals surface area contributed by atoms with Crippen molar-refractivity contribution in [2.75, 3.05) is 0 Å². The molecule has 25 heavy (non-hydrogen) atoms. The van der Waals surface area contributed by atoms with Gasteiger partial charge in [-0.1, -0.05) is 60.6 Å². The summed E-state index contributed by atoms with van der Waals surface area (Å²) in [5.41, 5.74) is 4.78. The molecule has 0 spiro atoms. The van der Waals surface area contributed by atoms with Crippen LogP contribution in [0.2, 0.25) is 0 Å². The summed E-state index contributed by atoms with van der Waals surface area (Å²) in [5.74, 6) is 0.271. The van der Waals surface area contributed by atoms with E-state index in [9.17, 15) is 4.79 Å².